The lowest BCUT2D eigenvalue weighted by atomic mass is 10.1. The van der Waals surface area contributed by atoms with Crippen LogP contribution in [0.4, 0.5) is 0 Å². The van der Waals surface area contributed by atoms with Crippen LogP contribution in [-0.4, -0.2) is 24.0 Å². The minimum Gasteiger partial charge on any atom is -0.457 e. The molecule has 23 heavy (non-hydrogen) atoms. The van der Waals surface area contributed by atoms with Crippen molar-refractivity contribution in [3.8, 4) is 0 Å². The quantitative estimate of drug-likeness (QED) is 0.659. The standard InChI is InChI=1S/C19H22BrNO2/c1-3-21(4-2)13-16-8-5-6-9-17(16)14-23-19(22)15-10-7-11-18(20)12-15/h5-12H,3-4,13-14H2,1-2H3. The average Bonchev–Trinajstić information content (AvgIpc) is 2.58. The lowest BCUT2D eigenvalue weighted by Crippen LogP contribution is -2.23. The van der Waals surface area contributed by atoms with Gasteiger partial charge in [-0.1, -0.05) is 60.1 Å². The molecule has 0 atom stereocenters. The van der Waals surface area contributed by atoms with Crippen LogP contribution < -0.4 is 0 Å². The molecule has 0 aromatic heterocycles. The van der Waals surface area contributed by atoms with Crippen LogP contribution in [0, 0.1) is 0 Å². The number of carbonyl (C=O) groups excluding carboxylic acids is 1. The van der Waals surface area contributed by atoms with Crippen molar-refractivity contribution in [1.29, 1.82) is 0 Å². The van der Waals surface area contributed by atoms with Gasteiger partial charge in [0.05, 0.1) is 5.56 Å². The molecule has 0 fully saturated rings. The first-order chi connectivity index (χ1) is 11.1. The van der Waals surface area contributed by atoms with E-state index in [4.69, 9.17) is 4.74 Å². The lowest BCUT2D eigenvalue weighted by Gasteiger charge is -2.20. The first-order valence-corrected chi connectivity index (χ1v) is 8.65. The third-order valence-electron chi connectivity index (χ3n) is 3.83. The lowest BCUT2D eigenvalue weighted by molar-refractivity contribution is 0.0471. The Hall–Kier alpha value is -1.65. The van der Waals surface area contributed by atoms with Gasteiger partial charge in [-0.3, -0.25) is 4.90 Å². The van der Waals surface area contributed by atoms with Crippen LogP contribution >= 0.6 is 15.9 Å². The Balaban J connectivity index is 2.04. The van der Waals surface area contributed by atoms with E-state index in [1.165, 1.54) is 5.56 Å². The van der Waals surface area contributed by atoms with Crippen molar-refractivity contribution in [2.24, 2.45) is 0 Å². The first kappa shape index (κ1) is 17.7. The zero-order valence-corrected chi connectivity index (χ0v) is 15.2. The second-order valence-electron chi connectivity index (χ2n) is 5.32. The van der Waals surface area contributed by atoms with Crippen molar-refractivity contribution < 1.29 is 9.53 Å². The minimum atomic E-state index is -0.302. The Morgan fingerprint density at radius 3 is 2.39 bits per heavy atom. The summed E-state index contributed by atoms with van der Waals surface area (Å²) in [5, 5.41) is 0. The van der Waals surface area contributed by atoms with Gasteiger partial charge in [0.25, 0.3) is 0 Å². The third-order valence-corrected chi connectivity index (χ3v) is 4.32. The highest BCUT2D eigenvalue weighted by molar-refractivity contribution is 9.10. The zero-order valence-electron chi connectivity index (χ0n) is 13.6. The largest absolute Gasteiger partial charge is 0.457 e. The summed E-state index contributed by atoms with van der Waals surface area (Å²) < 4.78 is 6.35. The van der Waals surface area contributed by atoms with Gasteiger partial charge >= 0.3 is 5.97 Å². The SMILES string of the molecule is CCN(CC)Cc1ccccc1COC(=O)c1cccc(Br)c1. The molecule has 0 bridgehead atoms. The molecule has 0 heterocycles. The van der Waals surface area contributed by atoms with Crippen molar-refractivity contribution in [2.75, 3.05) is 13.1 Å². The molecule has 4 heteroatoms. The molecule has 0 aliphatic heterocycles. The van der Waals surface area contributed by atoms with Gasteiger partial charge in [0, 0.05) is 11.0 Å². The number of hydrogen-bond acceptors (Lipinski definition) is 3. The molecule has 0 spiro atoms. The predicted octanol–water partition coefficient (Wildman–Crippen LogP) is 4.65. The van der Waals surface area contributed by atoms with E-state index in [0.29, 0.717) is 12.2 Å². The van der Waals surface area contributed by atoms with Gasteiger partial charge in [-0.2, -0.15) is 0 Å². The van der Waals surface area contributed by atoms with E-state index in [9.17, 15) is 4.79 Å². The number of rotatable bonds is 7. The maximum atomic E-state index is 12.2. The molecule has 2 rings (SSSR count). The van der Waals surface area contributed by atoms with Gasteiger partial charge in [0.1, 0.15) is 6.61 Å². The van der Waals surface area contributed by atoms with Gasteiger partial charge < -0.3 is 4.74 Å². The van der Waals surface area contributed by atoms with E-state index in [2.05, 4.69) is 40.7 Å². The van der Waals surface area contributed by atoms with Crippen molar-refractivity contribution in [3.05, 3.63) is 69.7 Å². The molecule has 0 amide bonds. The summed E-state index contributed by atoms with van der Waals surface area (Å²) in [6, 6.07) is 15.4. The van der Waals surface area contributed by atoms with Crippen LogP contribution in [0.25, 0.3) is 0 Å². The van der Waals surface area contributed by atoms with Crippen LogP contribution in [0.5, 0.6) is 0 Å². The normalized spacial score (nSPS) is 10.8. The first-order valence-electron chi connectivity index (χ1n) is 7.85. The molecule has 122 valence electrons. The summed E-state index contributed by atoms with van der Waals surface area (Å²) in [4.78, 5) is 14.5. The Bertz CT molecular complexity index is 653. The topological polar surface area (TPSA) is 29.5 Å². The maximum absolute atomic E-state index is 12.2. The third kappa shape index (κ3) is 5.19. The highest BCUT2D eigenvalue weighted by Crippen LogP contribution is 2.16. The minimum absolute atomic E-state index is 0.294. The van der Waals surface area contributed by atoms with E-state index < -0.39 is 0 Å². The molecule has 0 radical (unpaired) electrons. The molecular weight excluding hydrogens is 354 g/mol. The molecule has 2 aromatic rings. The van der Waals surface area contributed by atoms with Crippen molar-refractivity contribution >= 4 is 21.9 Å². The van der Waals surface area contributed by atoms with Gasteiger partial charge in [0.2, 0.25) is 0 Å². The summed E-state index contributed by atoms with van der Waals surface area (Å²) in [6.07, 6.45) is 0. The Kier molecular flexibility index (Phi) is 6.81. The molecule has 0 saturated heterocycles. The number of carbonyl (C=O) groups is 1. The molecular formula is C19H22BrNO2. The summed E-state index contributed by atoms with van der Waals surface area (Å²) in [7, 11) is 0. The van der Waals surface area contributed by atoms with Gasteiger partial charge in [0.15, 0.2) is 0 Å². The summed E-state index contributed by atoms with van der Waals surface area (Å²) in [5.41, 5.74) is 2.82. The number of nitrogens with zero attached hydrogens (tertiary/aromatic N) is 1. The molecule has 0 aliphatic rings. The number of hydrogen-bond donors (Lipinski definition) is 0. The fourth-order valence-electron chi connectivity index (χ4n) is 2.38. The molecule has 2 aromatic carbocycles. The second kappa shape index (κ2) is 8.85. The van der Waals surface area contributed by atoms with Gasteiger partial charge in [-0.05, 0) is 42.4 Å². The Morgan fingerprint density at radius 2 is 1.74 bits per heavy atom. The summed E-state index contributed by atoms with van der Waals surface area (Å²) in [6.45, 7) is 7.48. The van der Waals surface area contributed by atoms with Crippen LogP contribution in [0.15, 0.2) is 53.0 Å². The van der Waals surface area contributed by atoms with E-state index in [0.717, 1.165) is 29.7 Å². The zero-order chi connectivity index (χ0) is 16.7. The summed E-state index contributed by atoms with van der Waals surface area (Å²) >= 11 is 3.37. The fourth-order valence-corrected chi connectivity index (χ4v) is 2.78. The highest BCUT2D eigenvalue weighted by Gasteiger charge is 2.10. The van der Waals surface area contributed by atoms with E-state index in [1.54, 1.807) is 12.1 Å². The van der Waals surface area contributed by atoms with Gasteiger partial charge in [-0.15, -0.1) is 0 Å². The van der Waals surface area contributed by atoms with Crippen molar-refractivity contribution in [3.63, 3.8) is 0 Å². The Morgan fingerprint density at radius 1 is 1.04 bits per heavy atom. The fraction of sp³-hybridized carbons (Fsp3) is 0.316. The number of ether oxygens (including phenoxy) is 1. The van der Waals surface area contributed by atoms with Crippen LogP contribution in [0.2, 0.25) is 0 Å². The Labute approximate surface area is 146 Å². The van der Waals surface area contributed by atoms with Crippen LogP contribution in [0.1, 0.15) is 35.3 Å². The van der Waals surface area contributed by atoms with Gasteiger partial charge in [-0.25, -0.2) is 4.79 Å². The van der Waals surface area contributed by atoms with Crippen LogP contribution in [-0.2, 0) is 17.9 Å². The van der Waals surface area contributed by atoms with Crippen LogP contribution in [0.3, 0.4) is 0 Å². The molecule has 0 unspecified atom stereocenters. The van der Waals surface area contributed by atoms with Crippen molar-refractivity contribution in [2.45, 2.75) is 27.0 Å². The number of halogens is 1. The second-order valence-corrected chi connectivity index (χ2v) is 6.23. The summed E-state index contributed by atoms with van der Waals surface area (Å²) in [5.74, 6) is -0.302. The molecule has 0 saturated carbocycles. The molecule has 3 nitrogen and oxygen atoms in total. The maximum Gasteiger partial charge on any atom is 0.338 e. The van der Waals surface area contributed by atoms with E-state index in [-0.39, 0.29) is 5.97 Å². The smallest absolute Gasteiger partial charge is 0.338 e. The van der Waals surface area contributed by atoms with Crippen molar-refractivity contribution in [1.82, 2.24) is 4.90 Å². The number of esters is 1. The molecule has 0 N–H and O–H groups in total. The van der Waals surface area contributed by atoms with E-state index in [1.807, 2.05) is 30.3 Å². The number of benzene rings is 2. The predicted molar refractivity (Wildman–Crippen MR) is 96.3 cm³/mol. The monoisotopic (exact) mass is 375 g/mol. The highest BCUT2D eigenvalue weighted by atomic mass is 79.9. The average molecular weight is 376 g/mol. The van der Waals surface area contributed by atoms with E-state index >= 15 is 0 Å². The molecule has 0 aliphatic carbocycles.